The number of hydrogen-bond acceptors (Lipinski definition) is 7. The second-order valence-corrected chi connectivity index (χ2v) is 8.86. The van der Waals surface area contributed by atoms with Crippen LogP contribution < -0.4 is 11.1 Å². The van der Waals surface area contributed by atoms with E-state index in [0.29, 0.717) is 17.4 Å². The molecule has 3 aromatic heterocycles. The number of hydrogen-bond donors (Lipinski definition) is 2. The molecule has 0 bridgehead atoms. The van der Waals surface area contributed by atoms with Crippen molar-refractivity contribution < 1.29 is 4.52 Å². The largest absolute Gasteiger partial charge is 0.439 e. The quantitative estimate of drug-likeness (QED) is 0.678. The van der Waals surface area contributed by atoms with Crippen LogP contribution in [-0.2, 0) is 7.05 Å². The molecule has 1 atom stereocenters. The van der Waals surface area contributed by atoms with E-state index >= 15 is 0 Å². The lowest BCUT2D eigenvalue weighted by molar-refractivity contribution is 0.285. The molecule has 3 aromatic rings. The molecule has 1 saturated carbocycles. The van der Waals surface area contributed by atoms with E-state index in [2.05, 4.69) is 64.2 Å². The van der Waals surface area contributed by atoms with Crippen LogP contribution in [0.3, 0.4) is 0 Å². The van der Waals surface area contributed by atoms with E-state index in [9.17, 15) is 4.79 Å². The van der Waals surface area contributed by atoms with Crippen molar-refractivity contribution >= 4 is 22.6 Å². The SMILES string of the molecule is C=C(c1nc2nc(-c3noc(=O)[nH]3)nc(N[C@H](C)C3CCC3)c2n1C)C(C)(C)C. The van der Waals surface area contributed by atoms with Crippen molar-refractivity contribution in [2.24, 2.45) is 18.4 Å². The number of fused-ring (bicyclic) bond motifs is 1. The van der Waals surface area contributed by atoms with Gasteiger partial charge in [-0.2, -0.15) is 0 Å². The number of nitrogens with one attached hydrogen (secondary N) is 2. The molecule has 1 aliphatic rings. The summed E-state index contributed by atoms with van der Waals surface area (Å²) in [5.74, 6) is 1.83. The fourth-order valence-corrected chi connectivity index (χ4v) is 3.52. The van der Waals surface area contributed by atoms with Gasteiger partial charge in [0.05, 0.1) is 0 Å². The maximum Gasteiger partial charge on any atom is 0.439 e. The van der Waals surface area contributed by atoms with Crippen LogP contribution in [0.5, 0.6) is 0 Å². The van der Waals surface area contributed by atoms with Crippen LogP contribution in [0, 0.1) is 11.3 Å². The summed E-state index contributed by atoms with van der Waals surface area (Å²) in [4.78, 5) is 27.8. The molecule has 0 unspecified atom stereocenters. The Labute approximate surface area is 168 Å². The van der Waals surface area contributed by atoms with Gasteiger partial charge in [0.1, 0.15) is 11.3 Å². The van der Waals surface area contributed by atoms with Crippen LogP contribution in [0.2, 0.25) is 0 Å². The molecule has 2 N–H and O–H groups in total. The summed E-state index contributed by atoms with van der Waals surface area (Å²) in [5, 5.41) is 7.27. The van der Waals surface area contributed by atoms with Crippen molar-refractivity contribution in [1.29, 1.82) is 0 Å². The fraction of sp³-hybridized carbons (Fsp3) is 0.550. The molecule has 3 heterocycles. The monoisotopic (exact) mass is 397 g/mol. The van der Waals surface area contributed by atoms with Crippen molar-refractivity contribution in [1.82, 2.24) is 29.7 Å². The summed E-state index contributed by atoms with van der Waals surface area (Å²) in [6, 6.07) is 0.259. The van der Waals surface area contributed by atoms with Crippen molar-refractivity contribution in [2.75, 3.05) is 5.32 Å². The fourth-order valence-electron chi connectivity index (χ4n) is 3.52. The molecule has 0 aromatic carbocycles. The maximum atomic E-state index is 11.4. The highest BCUT2D eigenvalue weighted by Crippen LogP contribution is 2.36. The minimum absolute atomic E-state index is 0.143. The molecule has 29 heavy (non-hydrogen) atoms. The molecular weight excluding hydrogens is 370 g/mol. The van der Waals surface area contributed by atoms with Crippen LogP contribution in [0.15, 0.2) is 15.9 Å². The highest BCUT2D eigenvalue weighted by atomic mass is 16.5. The third-order valence-corrected chi connectivity index (χ3v) is 5.78. The van der Waals surface area contributed by atoms with Crippen molar-refractivity contribution in [3.8, 4) is 11.6 Å². The van der Waals surface area contributed by atoms with E-state index in [1.165, 1.54) is 19.3 Å². The summed E-state index contributed by atoms with van der Waals surface area (Å²) >= 11 is 0. The van der Waals surface area contributed by atoms with Gasteiger partial charge in [-0.25, -0.2) is 19.7 Å². The molecular formula is C20H27N7O2. The minimum atomic E-state index is -0.649. The standard InChI is InChI=1S/C20H27N7O2/c1-10(20(3,4)5)18-24-15-13(27(18)6)14(21-11(2)12-8-7-9-12)22-16(23-15)17-25-19(28)29-26-17/h11-12H,1,7-9H2,2-6H3,(H,21,22,23)(H,25,26,28)/t11-/m1/s1. The summed E-state index contributed by atoms with van der Waals surface area (Å²) in [6.45, 7) is 12.7. The van der Waals surface area contributed by atoms with Gasteiger partial charge < -0.3 is 9.88 Å². The Morgan fingerprint density at radius 2 is 2.03 bits per heavy atom. The number of aromatic nitrogens is 6. The number of H-pyrrole nitrogens is 1. The highest BCUT2D eigenvalue weighted by Gasteiger charge is 2.28. The van der Waals surface area contributed by atoms with Crippen molar-refractivity contribution in [2.45, 2.75) is 53.0 Å². The van der Waals surface area contributed by atoms with Gasteiger partial charge in [0, 0.05) is 13.1 Å². The zero-order chi connectivity index (χ0) is 20.9. The zero-order valence-corrected chi connectivity index (χ0v) is 17.5. The first-order valence-corrected chi connectivity index (χ1v) is 9.92. The van der Waals surface area contributed by atoms with Gasteiger partial charge in [0.25, 0.3) is 0 Å². The van der Waals surface area contributed by atoms with Gasteiger partial charge in [-0.1, -0.05) is 38.9 Å². The molecule has 4 rings (SSSR count). The first-order chi connectivity index (χ1) is 13.6. The molecule has 1 fully saturated rings. The summed E-state index contributed by atoms with van der Waals surface area (Å²) in [7, 11) is 1.95. The van der Waals surface area contributed by atoms with E-state index in [-0.39, 0.29) is 23.1 Å². The third-order valence-electron chi connectivity index (χ3n) is 5.78. The van der Waals surface area contributed by atoms with E-state index < -0.39 is 5.76 Å². The summed E-state index contributed by atoms with van der Waals surface area (Å²) < 4.78 is 6.61. The van der Waals surface area contributed by atoms with Crippen LogP contribution in [-0.4, -0.2) is 35.7 Å². The molecule has 0 amide bonds. The molecule has 0 aliphatic heterocycles. The first-order valence-electron chi connectivity index (χ1n) is 9.92. The second-order valence-electron chi connectivity index (χ2n) is 8.86. The lowest BCUT2D eigenvalue weighted by Crippen LogP contribution is -2.31. The number of anilines is 1. The first kappa shape index (κ1) is 19.4. The molecule has 0 radical (unpaired) electrons. The Morgan fingerprint density at radius 1 is 1.31 bits per heavy atom. The smallest absolute Gasteiger partial charge is 0.365 e. The lowest BCUT2D eigenvalue weighted by atomic mass is 9.80. The predicted octanol–water partition coefficient (Wildman–Crippen LogP) is 3.37. The van der Waals surface area contributed by atoms with Crippen molar-refractivity contribution in [3.05, 3.63) is 23.0 Å². The van der Waals surface area contributed by atoms with Crippen molar-refractivity contribution in [3.63, 3.8) is 0 Å². The molecule has 0 spiro atoms. The Kier molecular flexibility index (Phi) is 4.55. The number of rotatable bonds is 5. The van der Waals surface area contributed by atoms with E-state index in [1.807, 2.05) is 11.6 Å². The van der Waals surface area contributed by atoms with Crippen LogP contribution in [0.4, 0.5) is 5.82 Å². The number of nitrogens with zero attached hydrogens (tertiary/aromatic N) is 5. The number of aryl methyl sites for hydroxylation is 1. The molecule has 9 nitrogen and oxygen atoms in total. The van der Waals surface area contributed by atoms with Gasteiger partial charge in [-0.05, 0) is 36.7 Å². The molecule has 1 aliphatic carbocycles. The van der Waals surface area contributed by atoms with Gasteiger partial charge >= 0.3 is 5.76 Å². The molecule has 0 saturated heterocycles. The van der Waals surface area contributed by atoms with E-state index in [1.54, 1.807) is 0 Å². The van der Waals surface area contributed by atoms with Gasteiger partial charge in [0.15, 0.2) is 11.5 Å². The molecule has 154 valence electrons. The number of aromatic amines is 1. The summed E-state index contributed by atoms with van der Waals surface area (Å²) in [5.41, 5.74) is 2.08. The molecule has 9 heteroatoms. The topological polar surface area (TPSA) is 115 Å². The number of allylic oxidation sites excluding steroid dienone is 1. The average Bonchev–Trinajstić information content (AvgIpc) is 3.15. The highest BCUT2D eigenvalue weighted by molar-refractivity contribution is 5.87. The Balaban J connectivity index is 1.87. The Hall–Kier alpha value is -2.97. The summed E-state index contributed by atoms with van der Waals surface area (Å²) in [6.07, 6.45) is 3.69. The minimum Gasteiger partial charge on any atom is -0.365 e. The van der Waals surface area contributed by atoms with E-state index in [0.717, 1.165) is 16.9 Å². The van der Waals surface area contributed by atoms with Gasteiger partial charge in [-0.3, -0.25) is 9.51 Å². The van der Waals surface area contributed by atoms with E-state index in [4.69, 9.17) is 4.98 Å². The second kappa shape index (κ2) is 6.82. The Bertz CT molecular complexity index is 1130. The third kappa shape index (κ3) is 3.45. The van der Waals surface area contributed by atoms with Gasteiger partial charge in [0.2, 0.25) is 11.6 Å². The average molecular weight is 397 g/mol. The van der Waals surface area contributed by atoms with Crippen LogP contribution in [0.1, 0.15) is 52.8 Å². The van der Waals surface area contributed by atoms with Gasteiger partial charge in [-0.15, -0.1) is 0 Å². The Morgan fingerprint density at radius 3 is 2.59 bits per heavy atom. The number of imidazole rings is 1. The lowest BCUT2D eigenvalue weighted by Gasteiger charge is -2.32. The normalized spacial score (nSPS) is 16.0. The predicted molar refractivity (Wildman–Crippen MR) is 111 cm³/mol. The maximum absolute atomic E-state index is 11.4. The van der Waals surface area contributed by atoms with Crippen LogP contribution in [0.25, 0.3) is 28.4 Å². The van der Waals surface area contributed by atoms with Crippen LogP contribution >= 0.6 is 0 Å². The zero-order valence-electron chi connectivity index (χ0n) is 17.5.